The number of nitrogens with zero attached hydrogens (tertiary/aromatic N) is 1. The Labute approximate surface area is 97.0 Å². The molecule has 1 aromatic carbocycles. The summed E-state index contributed by atoms with van der Waals surface area (Å²) in [5.41, 5.74) is 0.914. The van der Waals surface area contributed by atoms with Crippen molar-refractivity contribution >= 4 is 26.8 Å². The molecule has 0 saturated carbocycles. The minimum Gasteiger partial charge on any atom is -0.360 e. The molecule has 0 amide bonds. The zero-order valence-electron chi connectivity index (χ0n) is 8.59. The van der Waals surface area contributed by atoms with Crippen molar-refractivity contribution in [1.29, 1.82) is 0 Å². The summed E-state index contributed by atoms with van der Waals surface area (Å²) in [5, 5.41) is 8.28. The van der Waals surface area contributed by atoms with Crippen LogP contribution in [0.2, 0.25) is 0 Å². The molecule has 0 aliphatic rings. The van der Waals surface area contributed by atoms with Gasteiger partial charge in [0.05, 0.1) is 0 Å². The maximum atomic E-state index is 5.33. The Morgan fingerprint density at radius 3 is 3.13 bits per heavy atom. The molecule has 1 heterocycles. The summed E-state index contributed by atoms with van der Waals surface area (Å²) >= 11 is 3.46. The van der Waals surface area contributed by atoms with E-state index in [-0.39, 0.29) is 0 Å². The van der Waals surface area contributed by atoms with Crippen molar-refractivity contribution in [2.75, 3.05) is 13.6 Å². The molecule has 80 valence electrons. The van der Waals surface area contributed by atoms with Crippen LogP contribution < -0.4 is 5.32 Å². The Morgan fingerprint density at radius 1 is 1.47 bits per heavy atom. The normalized spacial score (nSPS) is 11.1. The molecule has 0 aliphatic carbocycles. The number of aryl methyl sites for hydroxylation is 1. The van der Waals surface area contributed by atoms with Gasteiger partial charge in [0, 0.05) is 16.3 Å². The maximum absolute atomic E-state index is 5.33. The van der Waals surface area contributed by atoms with E-state index in [1.807, 2.05) is 25.2 Å². The molecule has 0 fully saturated rings. The van der Waals surface area contributed by atoms with E-state index in [9.17, 15) is 0 Å². The molecule has 0 unspecified atom stereocenters. The Hall–Kier alpha value is -0.870. The molecule has 1 aromatic heterocycles. The van der Waals surface area contributed by atoms with Gasteiger partial charge in [-0.2, -0.15) is 0 Å². The number of nitrogens with one attached hydrogen (secondary N) is 1. The standard InChI is InChI=1S/C11H13BrN2O/c1-13-7-3-6-10-8-4-2-5-9(12)11(8)14-15-10/h2,4-5,13H,3,6-7H2,1H3. The van der Waals surface area contributed by atoms with Gasteiger partial charge in [-0.05, 0) is 48.1 Å². The first-order valence-corrected chi connectivity index (χ1v) is 5.79. The molecule has 0 bridgehead atoms. The van der Waals surface area contributed by atoms with Crippen molar-refractivity contribution in [3.05, 3.63) is 28.4 Å². The van der Waals surface area contributed by atoms with Gasteiger partial charge in [0.2, 0.25) is 0 Å². The maximum Gasteiger partial charge on any atom is 0.144 e. The highest BCUT2D eigenvalue weighted by molar-refractivity contribution is 9.10. The number of rotatable bonds is 4. The fraction of sp³-hybridized carbons (Fsp3) is 0.364. The fourth-order valence-corrected chi connectivity index (χ4v) is 2.03. The van der Waals surface area contributed by atoms with E-state index in [0.717, 1.165) is 40.5 Å². The van der Waals surface area contributed by atoms with Gasteiger partial charge < -0.3 is 9.84 Å². The number of aromatic nitrogens is 1. The molecule has 0 spiro atoms. The first-order chi connectivity index (χ1) is 7.33. The molecular formula is C11H13BrN2O. The Balaban J connectivity index is 2.25. The summed E-state index contributed by atoms with van der Waals surface area (Å²) < 4.78 is 6.32. The number of fused-ring (bicyclic) bond motifs is 1. The lowest BCUT2D eigenvalue weighted by atomic mass is 10.1. The van der Waals surface area contributed by atoms with E-state index in [0.29, 0.717) is 0 Å². The summed E-state index contributed by atoms with van der Waals surface area (Å²) in [6.07, 6.45) is 1.99. The van der Waals surface area contributed by atoms with E-state index >= 15 is 0 Å². The van der Waals surface area contributed by atoms with Crippen LogP contribution in [0.25, 0.3) is 10.9 Å². The molecule has 2 aromatic rings. The zero-order valence-corrected chi connectivity index (χ0v) is 10.2. The van der Waals surface area contributed by atoms with Crippen LogP contribution in [0.1, 0.15) is 12.2 Å². The second-order valence-corrected chi connectivity index (χ2v) is 4.30. The monoisotopic (exact) mass is 268 g/mol. The van der Waals surface area contributed by atoms with E-state index in [1.54, 1.807) is 0 Å². The van der Waals surface area contributed by atoms with Gasteiger partial charge in [-0.25, -0.2) is 0 Å². The van der Waals surface area contributed by atoms with Gasteiger partial charge in [0.25, 0.3) is 0 Å². The lowest BCUT2D eigenvalue weighted by Crippen LogP contribution is -2.08. The van der Waals surface area contributed by atoms with Crippen LogP contribution >= 0.6 is 15.9 Å². The number of halogens is 1. The average Bonchev–Trinajstić information content (AvgIpc) is 2.64. The van der Waals surface area contributed by atoms with Crippen molar-refractivity contribution in [3.63, 3.8) is 0 Å². The molecule has 4 heteroatoms. The van der Waals surface area contributed by atoms with Crippen LogP contribution in [-0.2, 0) is 6.42 Å². The molecule has 2 rings (SSSR count). The molecule has 1 N–H and O–H groups in total. The predicted molar refractivity (Wildman–Crippen MR) is 64.0 cm³/mol. The summed E-state index contributed by atoms with van der Waals surface area (Å²) in [4.78, 5) is 0. The highest BCUT2D eigenvalue weighted by Gasteiger charge is 2.09. The largest absolute Gasteiger partial charge is 0.360 e. The van der Waals surface area contributed by atoms with Crippen molar-refractivity contribution < 1.29 is 4.52 Å². The molecule has 15 heavy (non-hydrogen) atoms. The van der Waals surface area contributed by atoms with E-state index < -0.39 is 0 Å². The Kier molecular flexibility index (Phi) is 3.38. The number of benzene rings is 1. The predicted octanol–water partition coefficient (Wildman–Crippen LogP) is 2.74. The summed E-state index contributed by atoms with van der Waals surface area (Å²) in [7, 11) is 1.95. The van der Waals surface area contributed by atoms with Gasteiger partial charge in [0.1, 0.15) is 11.3 Å². The molecule has 0 radical (unpaired) electrons. The molecule has 0 aliphatic heterocycles. The summed E-state index contributed by atoms with van der Waals surface area (Å²) in [5.74, 6) is 0.974. The second-order valence-electron chi connectivity index (χ2n) is 3.45. The average molecular weight is 269 g/mol. The smallest absolute Gasteiger partial charge is 0.144 e. The van der Waals surface area contributed by atoms with Crippen LogP contribution in [0.5, 0.6) is 0 Å². The van der Waals surface area contributed by atoms with Crippen LogP contribution in [0.4, 0.5) is 0 Å². The fourth-order valence-electron chi connectivity index (χ4n) is 1.59. The molecule has 0 atom stereocenters. The lowest BCUT2D eigenvalue weighted by molar-refractivity contribution is 0.387. The molecular weight excluding hydrogens is 256 g/mol. The van der Waals surface area contributed by atoms with Gasteiger partial charge in [-0.3, -0.25) is 0 Å². The van der Waals surface area contributed by atoms with E-state index in [4.69, 9.17) is 4.52 Å². The topological polar surface area (TPSA) is 38.1 Å². The zero-order chi connectivity index (χ0) is 10.7. The van der Waals surface area contributed by atoms with Crippen molar-refractivity contribution in [1.82, 2.24) is 10.5 Å². The van der Waals surface area contributed by atoms with Gasteiger partial charge in [-0.1, -0.05) is 11.2 Å². The number of hydrogen-bond acceptors (Lipinski definition) is 3. The lowest BCUT2D eigenvalue weighted by Gasteiger charge is -1.96. The quantitative estimate of drug-likeness (QED) is 0.867. The number of hydrogen-bond donors (Lipinski definition) is 1. The SMILES string of the molecule is CNCCCc1onc2c(Br)cccc12. The Morgan fingerprint density at radius 2 is 2.33 bits per heavy atom. The van der Waals surface area contributed by atoms with Gasteiger partial charge in [0.15, 0.2) is 0 Å². The summed E-state index contributed by atoms with van der Waals surface area (Å²) in [6, 6.07) is 6.03. The van der Waals surface area contributed by atoms with Crippen LogP contribution in [0.15, 0.2) is 27.2 Å². The van der Waals surface area contributed by atoms with Crippen LogP contribution in [0.3, 0.4) is 0 Å². The summed E-state index contributed by atoms with van der Waals surface area (Å²) in [6.45, 7) is 0.996. The molecule has 0 saturated heterocycles. The van der Waals surface area contributed by atoms with Crippen LogP contribution in [0, 0.1) is 0 Å². The minimum atomic E-state index is 0.914. The van der Waals surface area contributed by atoms with Gasteiger partial charge in [-0.15, -0.1) is 0 Å². The van der Waals surface area contributed by atoms with Crippen LogP contribution in [-0.4, -0.2) is 18.7 Å². The van der Waals surface area contributed by atoms with E-state index in [1.165, 1.54) is 0 Å². The van der Waals surface area contributed by atoms with Crippen molar-refractivity contribution in [2.24, 2.45) is 0 Å². The Bertz CT molecular complexity index is 453. The first-order valence-electron chi connectivity index (χ1n) is 5.00. The third kappa shape index (κ3) is 2.21. The highest BCUT2D eigenvalue weighted by atomic mass is 79.9. The first kappa shape index (κ1) is 10.6. The minimum absolute atomic E-state index is 0.914. The second kappa shape index (κ2) is 4.77. The van der Waals surface area contributed by atoms with Crippen molar-refractivity contribution in [3.8, 4) is 0 Å². The third-order valence-electron chi connectivity index (χ3n) is 2.36. The molecule has 3 nitrogen and oxygen atoms in total. The third-order valence-corrected chi connectivity index (χ3v) is 3.00. The van der Waals surface area contributed by atoms with E-state index in [2.05, 4.69) is 26.4 Å². The van der Waals surface area contributed by atoms with Crippen molar-refractivity contribution in [2.45, 2.75) is 12.8 Å². The highest BCUT2D eigenvalue weighted by Crippen LogP contribution is 2.26. The van der Waals surface area contributed by atoms with Gasteiger partial charge >= 0.3 is 0 Å².